The maximum Gasteiger partial charge on any atom is 0.0541 e. The van der Waals surface area contributed by atoms with Crippen molar-refractivity contribution in [2.75, 3.05) is 4.90 Å². The lowest BCUT2D eigenvalue weighted by molar-refractivity contribution is 1.17. The number of hydrogen-bond donors (Lipinski definition) is 0. The van der Waals surface area contributed by atoms with E-state index in [1.807, 2.05) is 0 Å². The molecule has 0 saturated carbocycles. The molecule has 0 radical (unpaired) electrons. The Balaban J connectivity index is 0.959. The molecule has 0 unspecified atom stereocenters. The average molecular weight is 803 g/mol. The molecule has 63 heavy (non-hydrogen) atoms. The zero-order valence-corrected chi connectivity index (χ0v) is 34.7. The Bertz CT molecular complexity index is 3280. The summed E-state index contributed by atoms with van der Waals surface area (Å²) in [6, 6.07) is 88.6. The second-order valence-corrected chi connectivity index (χ2v) is 16.5. The SMILES string of the molecule is c1ccc(-c2ccc(-c3ccc4c(c3)c3cc(-c5ccc(-c6ccccc6)cc5)ccc3n4-c3ccc(N(c4ccccc4)c4ccc5c(c4)Cc4ccccc4-5)cc3)cc2)cc1. The monoisotopic (exact) mass is 802 g/mol. The van der Waals surface area contributed by atoms with Crippen molar-refractivity contribution >= 4 is 38.9 Å². The van der Waals surface area contributed by atoms with Crippen LogP contribution in [-0.2, 0) is 6.42 Å². The first-order chi connectivity index (χ1) is 31.2. The van der Waals surface area contributed by atoms with Gasteiger partial charge in [0.2, 0.25) is 0 Å². The van der Waals surface area contributed by atoms with E-state index in [0.29, 0.717) is 0 Å². The van der Waals surface area contributed by atoms with Gasteiger partial charge in [0, 0.05) is 33.5 Å². The fourth-order valence-corrected chi connectivity index (χ4v) is 9.68. The number of fused-ring (bicyclic) bond motifs is 6. The van der Waals surface area contributed by atoms with Gasteiger partial charge in [-0.05, 0) is 146 Å². The van der Waals surface area contributed by atoms with Crippen molar-refractivity contribution in [1.29, 1.82) is 0 Å². The molecule has 1 aliphatic rings. The lowest BCUT2D eigenvalue weighted by Gasteiger charge is -2.26. The van der Waals surface area contributed by atoms with Gasteiger partial charge in [-0.15, -0.1) is 0 Å². The van der Waals surface area contributed by atoms with Crippen LogP contribution < -0.4 is 4.90 Å². The van der Waals surface area contributed by atoms with Crippen molar-refractivity contribution in [2.45, 2.75) is 6.42 Å². The van der Waals surface area contributed by atoms with Crippen molar-refractivity contribution in [3.8, 4) is 61.3 Å². The summed E-state index contributed by atoms with van der Waals surface area (Å²) in [5, 5.41) is 2.46. The normalized spacial score (nSPS) is 11.7. The maximum atomic E-state index is 2.43. The summed E-state index contributed by atoms with van der Waals surface area (Å²) >= 11 is 0. The minimum absolute atomic E-state index is 0.954. The highest BCUT2D eigenvalue weighted by Crippen LogP contribution is 2.43. The van der Waals surface area contributed by atoms with E-state index in [4.69, 9.17) is 0 Å². The molecule has 2 nitrogen and oxygen atoms in total. The Kier molecular flexibility index (Phi) is 8.93. The van der Waals surface area contributed by atoms with Gasteiger partial charge in [-0.1, -0.05) is 170 Å². The van der Waals surface area contributed by atoms with Gasteiger partial charge in [0.1, 0.15) is 0 Å². The number of para-hydroxylation sites is 1. The second kappa shape index (κ2) is 15.4. The first-order valence-corrected chi connectivity index (χ1v) is 21.8. The fourth-order valence-electron chi connectivity index (χ4n) is 9.68. The van der Waals surface area contributed by atoms with Gasteiger partial charge >= 0.3 is 0 Å². The third-order valence-corrected chi connectivity index (χ3v) is 12.8. The van der Waals surface area contributed by atoms with Crippen LogP contribution in [0.4, 0.5) is 17.1 Å². The van der Waals surface area contributed by atoms with Crippen LogP contribution in [0.1, 0.15) is 11.1 Å². The van der Waals surface area contributed by atoms with Crippen LogP contribution in [0.15, 0.2) is 243 Å². The Morgan fingerprint density at radius 3 is 1.25 bits per heavy atom. The topological polar surface area (TPSA) is 8.17 Å². The molecule has 0 bridgehead atoms. The summed E-state index contributed by atoms with van der Waals surface area (Å²) in [5.41, 5.74) is 22.0. The summed E-state index contributed by atoms with van der Waals surface area (Å²) in [7, 11) is 0. The molecule has 2 heteroatoms. The van der Waals surface area contributed by atoms with Crippen LogP contribution in [-0.4, -0.2) is 4.57 Å². The van der Waals surface area contributed by atoms with Crippen molar-refractivity contribution in [1.82, 2.24) is 4.57 Å². The van der Waals surface area contributed by atoms with Crippen LogP contribution in [0.3, 0.4) is 0 Å². The van der Waals surface area contributed by atoms with Crippen LogP contribution >= 0.6 is 0 Å². The quantitative estimate of drug-likeness (QED) is 0.149. The van der Waals surface area contributed by atoms with Gasteiger partial charge in [0.25, 0.3) is 0 Å². The van der Waals surface area contributed by atoms with Crippen LogP contribution in [0.5, 0.6) is 0 Å². The molecule has 0 fully saturated rings. The van der Waals surface area contributed by atoms with Crippen molar-refractivity contribution in [3.63, 3.8) is 0 Å². The predicted octanol–water partition coefficient (Wildman–Crippen LogP) is 16.5. The van der Waals surface area contributed by atoms with E-state index in [2.05, 4.69) is 252 Å². The zero-order chi connectivity index (χ0) is 41.7. The van der Waals surface area contributed by atoms with Crippen LogP contribution in [0.25, 0.3) is 83.1 Å². The van der Waals surface area contributed by atoms with E-state index in [-0.39, 0.29) is 0 Å². The van der Waals surface area contributed by atoms with Gasteiger partial charge in [-0.3, -0.25) is 0 Å². The molecule has 0 aliphatic heterocycles. The molecule has 0 amide bonds. The third kappa shape index (κ3) is 6.61. The van der Waals surface area contributed by atoms with Crippen molar-refractivity contribution in [2.24, 2.45) is 0 Å². The summed E-state index contributed by atoms with van der Waals surface area (Å²) in [6.45, 7) is 0. The Morgan fingerprint density at radius 1 is 0.286 bits per heavy atom. The smallest absolute Gasteiger partial charge is 0.0541 e. The molecule has 1 aromatic heterocycles. The zero-order valence-electron chi connectivity index (χ0n) is 34.7. The summed E-state index contributed by atoms with van der Waals surface area (Å²) in [4.78, 5) is 2.38. The highest BCUT2D eigenvalue weighted by atomic mass is 15.1. The number of aromatic nitrogens is 1. The van der Waals surface area contributed by atoms with E-state index >= 15 is 0 Å². The third-order valence-electron chi connectivity index (χ3n) is 12.8. The maximum absolute atomic E-state index is 2.43. The summed E-state index contributed by atoms with van der Waals surface area (Å²) in [5.74, 6) is 0. The highest BCUT2D eigenvalue weighted by Gasteiger charge is 2.21. The number of benzene rings is 10. The number of nitrogens with zero attached hydrogens (tertiary/aromatic N) is 2. The molecular formula is C61H42N2. The van der Waals surface area contributed by atoms with Crippen LogP contribution in [0.2, 0.25) is 0 Å². The molecule has 1 heterocycles. The van der Waals surface area contributed by atoms with Gasteiger partial charge in [-0.25, -0.2) is 0 Å². The molecule has 0 saturated heterocycles. The average Bonchev–Trinajstić information content (AvgIpc) is 3.90. The molecule has 12 rings (SSSR count). The van der Waals surface area contributed by atoms with Gasteiger partial charge in [0.15, 0.2) is 0 Å². The van der Waals surface area contributed by atoms with E-state index < -0.39 is 0 Å². The molecule has 0 N–H and O–H groups in total. The Morgan fingerprint density at radius 2 is 0.698 bits per heavy atom. The number of rotatable bonds is 8. The van der Waals surface area contributed by atoms with E-state index in [1.165, 1.54) is 88.6 Å². The van der Waals surface area contributed by atoms with E-state index in [1.54, 1.807) is 0 Å². The summed E-state index contributed by atoms with van der Waals surface area (Å²) < 4.78 is 2.43. The predicted molar refractivity (Wildman–Crippen MR) is 265 cm³/mol. The molecule has 10 aromatic carbocycles. The molecule has 0 spiro atoms. The highest BCUT2D eigenvalue weighted by molar-refractivity contribution is 6.11. The first kappa shape index (κ1) is 36.6. The van der Waals surface area contributed by atoms with E-state index in [0.717, 1.165) is 29.2 Å². The molecule has 296 valence electrons. The van der Waals surface area contributed by atoms with Gasteiger partial charge < -0.3 is 9.47 Å². The fraction of sp³-hybridized carbons (Fsp3) is 0.0164. The standard InChI is InChI=1S/C61H42N2/c1-4-12-42(13-5-1)44-20-24-46(25-21-44)48-28-36-60-58(40-48)59-41-49(47-26-22-45(23-27-47)43-14-6-2-7-15-43)29-37-61(59)63(60)54-32-30-53(31-33-54)62(52-17-8-3-9-18-52)55-34-35-57-51(39-55)38-50-16-10-11-19-56(50)57/h1-37,39-41H,38H2. The van der Waals surface area contributed by atoms with E-state index in [9.17, 15) is 0 Å². The lowest BCUT2D eigenvalue weighted by atomic mass is 9.97. The molecular weight excluding hydrogens is 761 g/mol. The first-order valence-electron chi connectivity index (χ1n) is 21.8. The van der Waals surface area contributed by atoms with Crippen molar-refractivity contribution < 1.29 is 0 Å². The minimum Gasteiger partial charge on any atom is -0.310 e. The largest absolute Gasteiger partial charge is 0.310 e. The minimum atomic E-state index is 0.954. The van der Waals surface area contributed by atoms with Gasteiger partial charge in [0.05, 0.1) is 11.0 Å². The summed E-state index contributed by atoms with van der Waals surface area (Å²) in [6.07, 6.45) is 0.954. The second-order valence-electron chi connectivity index (χ2n) is 16.5. The molecule has 1 aliphatic carbocycles. The molecule has 11 aromatic rings. The van der Waals surface area contributed by atoms with Crippen molar-refractivity contribution in [3.05, 3.63) is 254 Å². The number of hydrogen-bond acceptors (Lipinski definition) is 1. The molecule has 0 atom stereocenters. The Hall–Kier alpha value is -8.20. The Labute approximate surface area is 368 Å². The lowest BCUT2D eigenvalue weighted by Crippen LogP contribution is -2.10. The van der Waals surface area contributed by atoms with Crippen LogP contribution in [0, 0.1) is 0 Å². The van der Waals surface area contributed by atoms with Gasteiger partial charge in [-0.2, -0.15) is 0 Å². The number of anilines is 3.